The number of hydrogen-bond acceptors (Lipinski definition) is 5. The van der Waals surface area contributed by atoms with Gasteiger partial charge in [-0.15, -0.1) is 0 Å². The average molecular weight is 561 g/mol. The van der Waals surface area contributed by atoms with Crippen LogP contribution in [-0.4, -0.2) is 52.2 Å². The number of nitrogens with zero attached hydrogens (tertiary/aromatic N) is 2. The molecule has 1 saturated carbocycles. The summed E-state index contributed by atoms with van der Waals surface area (Å²) in [6, 6.07) is 15.4. The third-order valence-corrected chi connectivity index (χ3v) is 7.96. The second kappa shape index (κ2) is 12.4. The Balaban J connectivity index is 1.58. The minimum Gasteiger partial charge on any atom is -0.477 e. The fourth-order valence-corrected chi connectivity index (χ4v) is 5.85. The summed E-state index contributed by atoms with van der Waals surface area (Å²) in [4.78, 5) is 65.7. The first-order valence-corrected chi connectivity index (χ1v) is 13.8. The van der Waals surface area contributed by atoms with Crippen LogP contribution in [0.1, 0.15) is 70.2 Å². The van der Waals surface area contributed by atoms with Crippen molar-refractivity contribution in [1.29, 1.82) is 0 Å². The Morgan fingerprint density at radius 1 is 1.00 bits per heavy atom. The maximum Gasteiger partial charge on any atom is 0.352 e. The zero-order chi connectivity index (χ0) is 29.7. The topological polar surface area (TPSA) is 136 Å². The number of carbonyl (C=O) groups is 5. The van der Waals surface area contributed by atoms with E-state index in [4.69, 9.17) is 0 Å². The number of carboxylic acid groups (broad SMARTS) is 1. The molecule has 2 fully saturated rings. The van der Waals surface area contributed by atoms with Crippen LogP contribution in [0.4, 0.5) is 5.69 Å². The van der Waals surface area contributed by atoms with Gasteiger partial charge in [-0.05, 0) is 55.5 Å². The number of amides is 4. The van der Waals surface area contributed by atoms with E-state index in [1.807, 2.05) is 30.3 Å². The Bertz CT molecular complexity index is 1350. The number of nitrogens with one attached hydrogen (secondary N) is 2. The maximum absolute atomic E-state index is 13.3. The Morgan fingerprint density at radius 3 is 2.20 bits per heavy atom. The molecular weight excluding hydrogens is 524 g/mol. The molecule has 0 radical (unpaired) electrons. The van der Waals surface area contributed by atoms with Crippen molar-refractivity contribution in [1.82, 2.24) is 15.5 Å². The van der Waals surface area contributed by atoms with Gasteiger partial charge < -0.3 is 20.6 Å². The first-order valence-electron chi connectivity index (χ1n) is 13.8. The predicted molar refractivity (Wildman–Crippen MR) is 153 cm³/mol. The normalized spacial score (nSPS) is 20.2. The third-order valence-electron chi connectivity index (χ3n) is 7.96. The van der Waals surface area contributed by atoms with Crippen molar-refractivity contribution in [2.24, 2.45) is 5.41 Å². The second-order valence-electron chi connectivity index (χ2n) is 10.7. The number of carboxylic acids is 1. The van der Waals surface area contributed by atoms with Gasteiger partial charge in [-0.3, -0.25) is 24.1 Å². The zero-order valence-electron chi connectivity index (χ0n) is 23.6. The summed E-state index contributed by atoms with van der Waals surface area (Å²) in [7, 11) is 0. The smallest absolute Gasteiger partial charge is 0.352 e. The van der Waals surface area contributed by atoms with Crippen LogP contribution in [0.25, 0.3) is 6.08 Å². The molecular formula is C31H36N4O6. The van der Waals surface area contributed by atoms with Crippen LogP contribution in [0.3, 0.4) is 0 Å². The molecule has 10 nitrogen and oxygen atoms in total. The minimum atomic E-state index is -1.28. The lowest BCUT2D eigenvalue weighted by Crippen LogP contribution is -2.42. The molecule has 216 valence electrons. The number of aliphatic carboxylic acids is 1. The Hall–Kier alpha value is -4.47. The zero-order valence-corrected chi connectivity index (χ0v) is 23.6. The first kappa shape index (κ1) is 29.5. The number of rotatable bonds is 9. The molecule has 2 unspecified atom stereocenters. The minimum absolute atomic E-state index is 0.178. The van der Waals surface area contributed by atoms with E-state index in [2.05, 4.69) is 10.6 Å². The van der Waals surface area contributed by atoms with Crippen LogP contribution in [-0.2, 0) is 24.0 Å². The van der Waals surface area contributed by atoms with Crippen molar-refractivity contribution < 1.29 is 29.1 Å². The fourth-order valence-electron chi connectivity index (χ4n) is 5.85. The number of anilines is 1. The SMILES string of the molecule is CC(=O)NCCC1(C(=O)N/C(=C\c2ccc(N3C(=O)C(C)N(C(C)=O)C3c3ccccc3)cc2)C(=O)O)CCCC1. The standard InChI is InChI=1S/C31H36N4O6/c1-20-28(38)35(27(34(20)22(3)37)24-9-5-4-6-10-24)25-13-11-23(12-14-25)19-26(29(39)40)33-30(41)31(15-7-8-16-31)17-18-32-21(2)36/h4-6,9-14,19-20,27H,7-8,15-18H2,1-3H3,(H,32,36)(H,33,41)(H,39,40)/b26-19-. The van der Waals surface area contributed by atoms with Crippen molar-refractivity contribution in [3.63, 3.8) is 0 Å². The molecule has 0 spiro atoms. The molecule has 1 aliphatic heterocycles. The van der Waals surface area contributed by atoms with Crippen LogP contribution in [0.5, 0.6) is 0 Å². The molecule has 2 aromatic carbocycles. The largest absolute Gasteiger partial charge is 0.477 e. The van der Waals surface area contributed by atoms with Crippen molar-refractivity contribution in [2.45, 2.75) is 65.1 Å². The van der Waals surface area contributed by atoms with Crippen LogP contribution in [0, 0.1) is 5.41 Å². The van der Waals surface area contributed by atoms with Crippen molar-refractivity contribution in [3.05, 3.63) is 71.4 Å². The molecule has 10 heteroatoms. The van der Waals surface area contributed by atoms with E-state index < -0.39 is 23.6 Å². The van der Waals surface area contributed by atoms with Gasteiger partial charge >= 0.3 is 5.97 Å². The van der Waals surface area contributed by atoms with Gasteiger partial charge in [0.2, 0.25) is 17.7 Å². The van der Waals surface area contributed by atoms with Gasteiger partial charge in [-0.25, -0.2) is 4.79 Å². The summed E-state index contributed by atoms with van der Waals surface area (Å²) in [5.74, 6) is -2.26. The lowest BCUT2D eigenvalue weighted by Gasteiger charge is -2.30. The quantitative estimate of drug-likeness (QED) is 0.401. The summed E-state index contributed by atoms with van der Waals surface area (Å²) < 4.78 is 0. The van der Waals surface area contributed by atoms with Crippen molar-refractivity contribution in [3.8, 4) is 0 Å². The van der Waals surface area contributed by atoms with Gasteiger partial charge in [0, 0.05) is 26.1 Å². The molecule has 0 bridgehead atoms. The van der Waals surface area contributed by atoms with E-state index in [-0.39, 0.29) is 29.3 Å². The van der Waals surface area contributed by atoms with E-state index >= 15 is 0 Å². The van der Waals surface area contributed by atoms with E-state index in [1.165, 1.54) is 19.9 Å². The predicted octanol–water partition coefficient (Wildman–Crippen LogP) is 3.60. The Labute approximate surface area is 239 Å². The monoisotopic (exact) mass is 560 g/mol. The lowest BCUT2D eigenvalue weighted by molar-refractivity contribution is -0.137. The summed E-state index contributed by atoms with van der Waals surface area (Å²) in [5.41, 5.74) is 0.872. The van der Waals surface area contributed by atoms with E-state index in [0.717, 1.165) is 18.4 Å². The molecule has 2 aliphatic rings. The molecule has 1 aliphatic carbocycles. The third kappa shape index (κ3) is 6.32. The Kier molecular flexibility index (Phi) is 8.90. The van der Waals surface area contributed by atoms with Gasteiger partial charge in [0.25, 0.3) is 5.91 Å². The van der Waals surface area contributed by atoms with Gasteiger partial charge in [-0.1, -0.05) is 55.3 Å². The number of benzene rings is 2. The van der Waals surface area contributed by atoms with E-state index in [1.54, 1.807) is 41.0 Å². The molecule has 41 heavy (non-hydrogen) atoms. The van der Waals surface area contributed by atoms with Gasteiger partial charge in [0.05, 0.1) is 5.41 Å². The highest BCUT2D eigenvalue weighted by atomic mass is 16.4. The molecule has 1 heterocycles. The van der Waals surface area contributed by atoms with Crippen LogP contribution in [0.15, 0.2) is 60.3 Å². The van der Waals surface area contributed by atoms with E-state index in [0.29, 0.717) is 37.1 Å². The van der Waals surface area contributed by atoms with Crippen molar-refractivity contribution in [2.75, 3.05) is 11.4 Å². The summed E-state index contributed by atoms with van der Waals surface area (Å²) in [6.45, 7) is 4.90. The molecule has 0 aromatic heterocycles. The number of carbonyl (C=O) groups excluding carboxylic acids is 4. The molecule has 3 N–H and O–H groups in total. The first-order chi connectivity index (χ1) is 19.5. The molecule has 2 atom stereocenters. The highest BCUT2D eigenvalue weighted by Gasteiger charge is 2.46. The molecule has 1 saturated heterocycles. The van der Waals surface area contributed by atoms with Gasteiger partial charge in [-0.2, -0.15) is 0 Å². The summed E-state index contributed by atoms with van der Waals surface area (Å²) >= 11 is 0. The van der Waals surface area contributed by atoms with Crippen molar-refractivity contribution >= 4 is 41.4 Å². The lowest BCUT2D eigenvalue weighted by atomic mass is 9.81. The van der Waals surface area contributed by atoms with Gasteiger partial charge in [0.1, 0.15) is 17.9 Å². The highest BCUT2D eigenvalue weighted by molar-refractivity contribution is 6.03. The Morgan fingerprint density at radius 2 is 1.63 bits per heavy atom. The summed E-state index contributed by atoms with van der Waals surface area (Å²) in [5, 5.41) is 15.2. The van der Waals surface area contributed by atoms with E-state index in [9.17, 15) is 29.1 Å². The van der Waals surface area contributed by atoms with Crippen LogP contribution < -0.4 is 15.5 Å². The van der Waals surface area contributed by atoms with Gasteiger partial charge in [0.15, 0.2) is 0 Å². The average Bonchev–Trinajstić information content (AvgIpc) is 3.52. The highest BCUT2D eigenvalue weighted by Crippen LogP contribution is 2.41. The van der Waals surface area contributed by atoms with Crippen LogP contribution in [0.2, 0.25) is 0 Å². The molecule has 4 rings (SSSR count). The summed E-state index contributed by atoms with van der Waals surface area (Å²) in [6.07, 6.45) is 4.17. The fraction of sp³-hybridized carbons (Fsp3) is 0.387. The molecule has 4 amide bonds. The maximum atomic E-state index is 13.3. The second-order valence-corrected chi connectivity index (χ2v) is 10.7. The van der Waals surface area contributed by atoms with Crippen LogP contribution >= 0.6 is 0 Å². The number of hydrogen-bond donors (Lipinski definition) is 3. The molecule has 2 aromatic rings.